The molecule has 0 heterocycles. The third-order valence-electron chi connectivity index (χ3n) is 3.97. The van der Waals surface area contributed by atoms with Crippen LogP contribution in [0.2, 0.25) is 0 Å². The van der Waals surface area contributed by atoms with Crippen LogP contribution in [0.15, 0.2) is 36.4 Å². The fraction of sp³-hybridized carbons (Fsp3) is 0.368. The number of rotatable bonds is 5. The molecule has 2 nitrogen and oxygen atoms in total. The minimum atomic E-state index is 0.325. The van der Waals surface area contributed by atoms with Gasteiger partial charge >= 0.3 is 0 Å². The fourth-order valence-corrected chi connectivity index (χ4v) is 3.07. The SMILES string of the molecule is Cc1cc(C)c(C(C)NCCc2ccc(O)cc2)c(C)c1. The molecule has 0 saturated carbocycles. The van der Waals surface area contributed by atoms with Gasteiger partial charge in [0.1, 0.15) is 5.75 Å². The van der Waals surface area contributed by atoms with Gasteiger partial charge in [0.05, 0.1) is 0 Å². The zero-order valence-electron chi connectivity index (χ0n) is 13.4. The molecule has 2 aromatic rings. The molecule has 1 atom stereocenters. The van der Waals surface area contributed by atoms with E-state index in [1.54, 1.807) is 12.1 Å². The number of phenolic OH excluding ortho intramolecular Hbond substituents is 1. The van der Waals surface area contributed by atoms with Crippen molar-refractivity contribution in [1.29, 1.82) is 0 Å². The molecular weight excluding hydrogens is 258 g/mol. The molecule has 0 spiro atoms. The van der Waals surface area contributed by atoms with Gasteiger partial charge < -0.3 is 10.4 Å². The van der Waals surface area contributed by atoms with Gasteiger partial charge in [0, 0.05) is 6.04 Å². The third-order valence-corrected chi connectivity index (χ3v) is 3.97. The second kappa shape index (κ2) is 6.77. The molecule has 0 bridgehead atoms. The van der Waals surface area contributed by atoms with Crippen molar-refractivity contribution < 1.29 is 5.11 Å². The molecule has 0 aromatic heterocycles. The summed E-state index contributed by atoms with van der Waals surface area (Å²) in [6.45, 7) is 9.67. The number of hydrogen-bond acceptors (Lipinski definition) is 2. The lowest BCUT2D eigenvalue weighted by Gasteiger charge is -2.20. The summed E-state index contributed by atoms with van der Waals surface area (Å²) in [5.74, 6) is 0.325. The molecule has 21 heavy (non-hydrogen) atoms. The van der Waals surface area contributed by atoms with Crippen molar-refractivity contribution in [3.05, 3.63) is 64.2 Å². The summed E-state index contributed by atoms with van der Waals surface area (Å²) < 4.78 is 0. The van der Waals surface area contributed by atoms with Crippen molar-refractivity contribution in [2.75, 3.05) is 6.54 Å². The van der Waals surface area contributed by atoms with E-state index in [2.05, 4.69) is 45.1 Å². The topological polar surface area (TPSA) is 32.3 Å². The smallest absolute Gasteiger partial charge is 0.115 e. The van der Waals surface area contributed by atoms with E-state index >= 15 is 0 Å². The summed E-state index contributed by atoms with van der Waals surface area (Å²) in [6.07, 6.45) is 0.967. The highest BCUT2D eigenvalue weighted by Crippen LogP contribution is 2.23. The Morgan fingerprint density at radius 3 is 2.14 bits per heavy atom. The molecular formula is C19H25NO. The first kappa shape index (κ1) is 15.6. The minimum absolute atomic E-state index is 0.325. The molecule has 0 aliphatic heterocycles. The number of benzene rings is 2. The van der Waals surface area contributed by atoms with Gasteiger partial charge in [-0.1, -0.05) is 29.8 Å². The molecule has 0 aliphatic carbocycles. The minimum Gasteiger partial charge on any atom is -0.508 e. The monoisotopic (exact) mass is 283 g/mol. The van der Waals surface area contributed by atoms with Crippen molar-refractivity contribution >= 4 is 0 Å². The predicted octanol–water partition coefficient (Wildman–Crippen LogP) is 4.21. The maximum absolute atomic E-state index is 9.29. The molecule has 1 unspecified atom stereocenters. The van der Waals surface area contributed by atoms with Crippen molar-refractivity contribution in [2.24, 2.45) is 0 Å². The Balaban J connectivity index is 1.96. The van der Waals surface area contributed by atoms with Gasteiger partial charge in [-0.2, -0.15) is 0 Å². The fourth-order valence-electron chi connectivity index (χ4n) is 3.07. The standard InChI is InChI=1S/C19H25NO/c1-13-11-14(2)19(15(3)12-13)16(4)20-10-9-17-5-7-18(21)8-6-17/h5-8,11-12,16,20-21H,9-10H2,1-4H3. The van der Waals surface area contributed by atoms with E-state index in [0.717, 1.165) is 13.0 Å². The van der Waals surface area contributed by atoms with Crippen LogP contribution in [0.4, 0.5) is 0 Å². The Morgan fingerprint density at radius 1 is 1.00 bits per heavy atom. The van der Waals surface area contributed by atoms with Crippen LogP contribution in [0.5, 0.6) is 5.75 Å². The molecule has 2 rings (SSSR count). The first-order valence-corrected chi connectivity index (χ1v) is 7.56. The van der Waals surface area contributed by atoms with Crippen molar-refractivity contribution in [2.45, 2.75) is 40.2 Å². The quantitative estimate of drug-likeness (QED) is 0.861. The molecule has 0 aliphatic rings. The Morgan fingerprint density at radius 2 is 1.57 bits per heavy atom. The maximum Gasteiger partial charge on any atom is 0.115 e. The average Bonchev–Trinajstić information content (AvgIpc) is 2.40. The summed E-state index contributed by atoms with van der Waals surface area (Å²) in [5, 5.41) is 12.9. The largest absolute Gasteiger partial charge is 0.508 e. The van der Waals surface area contributed by atoms with Crippen LogP contribution in [0.3, 0.4) is 0 Å². The van der Waals surface area contributed by atoms with Gasteiger partial charge in [0.25, 0.3) is 0 Å². The van der Waals surface area contributed by atoms with Gasteiger partial charge in [0.2, 0.25) is 0 Å². The summed E-state index contributed by atoms with van der Waals surface area (Å²) in [4.78, 5) is 0. The Labute approximate surface area is 127 Å². The van der Waals surface area contributed by atoms with Gasteiger partial charge in [0.15, 0.2) is 0 Å². The molecule has 0 saturated heterocycles. The third kappa shape index (κ3) is 4.08. The summed E-state index contributed by atoms with van der Waals surface area (Å²) in [5.41, 5.74) is 6.69. The van der Waals surface area contributed by atoms with Crippen LogP contribution in [-0.2, 0) is 6.42 Å². The van der Waals surface area contributed by atoms with Crippen LogP contribution < -0.4 is 5.32 Å². The van der Waals surface area contributed by atoms with Crippen LogP contribution in [-0.4, -0.2) is 11.7 Å². The summed E-state index contributed by atoms with van der Waals surface area (Å²) in [6, 6.07) is 12.3. The normalized spacial score (nSPS) is 12.4. The summed E-state index contributed by atoms with van der Waals surface area (Å²) >= 11 is 0. The molecule has 112 valence electrons. The van der Waals surface area contributed by atoms with Crippen molar-refractivity contribution in [3.8, 4) is 5.75 Å². The number of hydrogen-bond donors (Lipinski definition) is 2. The van der Waals surface area contributed by atoms with Gasteiger partial charge in [-0.3, -0.25) is 0 Å². The highest BCUT2D eigenvalue weighted by atomic mass is 16.3. The van der Waals surface area contributed by atoms with Crippen LogP contribution >= 0.6 is 0 Å². The van der Waals surface area contributed by atoms with E-state index in [4.69, 9.17) is 0 Å². The lowest BCUT2D eigenvalue weighted by Crippen LogP contribution is -2.22. The molecule has 2 N–H and O–H groups in total. The maximum atomic E-state index is 9.29. The lowest BCUT2D eigenvalue weighted by molar-refractivity contribution is 0.475. The van der Waals surface area contributed by atoms with Crippen LogP contribution in [0, 0.1) is 20.8 Å². The van der Waals surface area contributed by atoms with Crippen molar-refractivity contribution in [3.63, 3.8) is 0 Å². The summed E-state index contributed by atoms with van der Waals surface area (Å²) in [7, 11) is 0. The van der Waals surface area contributed by atoms with E-state index in [-0.39, 0.29) is 0 Å². The van der Waals surface area contributed by atoms with E-state index in [1.165, 1.54) is 27.8 Å². The van der Waals surface area contributed by atoms with E-state index in [1.807, 2.05) is 12.1 Å². The number of phenols is 1. The van der Waals surface area contributed by atoms with E-state index < -0.39 is 0 Å². The highest BCUT2D eigenvalue weighted by molar-refractivity contribution is 5.39. The Kier molecular flexibility index (Phi) is 5.03. The molecule has 2 aromatic carbocycles. The number of aromatic hydroxyl groups is 1. The zero-order chi connectivity index (χ0) is 15.4. The van der Waals surface area contributed by atoms with E-state index in [9.17, 15) is 5.11 Å². The average molecular weight is 283 g/mol. The molecule has 0 radical (unpaired) electrons. The Hall–Kier alpha value is -1.80. The highest BCUT2D eigenvalue weighted by Gasteiger charge is 2.11. The number of aryl methyl sites for hydroxylation is 3. The first-order chi connectivity index (χ1) is 9.97. The Bertz CT molecular complexity index is 578. The molecule has 0 amide bonds. The van der Waals surface area contributed by atoms with Gasteiger partial charge in [-0.25, -0.2) is 0 Å². The lowest BCUT2D eigenvalue weighted by atomic mass is 9.95. The number of nitrogens with one attached hydrogen (secondary N) is 1. The first-order valence-electron chi connectivity index (χ1n) is 7.56. The van der Waals surface area contributed by atoms with Gasteiger partial charge in [-0.05, 0) is 75.0 Å². The second-order valence-corrected chi connectivity index (χ2v) is 5.90. The van der Waals surface area contributed by atoms with Crippen LogP contribution in [0.25, 0.3) is 0 Å². The molecule has 0 fully saturated rings. The zero-order valence-corrected chi connectivity index (χ0v) is 13.4. The van der Waals surface area contributed by atoms with Gasteiger partial charge in [-0.15, -0.1) is 0 Å². The van der Waals surface area contributed by atoms with Crippen molar-refractivity contribution in [1.82, 2.24) is 5.32 Å². The predicted molar refractivity (Wildman–Crippen MR) is 88.9 cm³/mol. The molecule has 2 heteroatoms. The van der Waals surface area contributed by atoms with Crippen LogP contribution in [0.1, 0.15) is 40.8 Å². The van der Waals surface area contributed by atoms with E-state index in [0.29, 0.717) is 11.8 Å². The second-order valence-electron chi connectivity index (χ2n) is 5.90.